The third-order valence-corrected chi connectivity index (χ3v) is 8.19. The van der Waals surface area contributed by atoms with Gasteiger partial charge in [0.05, 0.1) is 15.8 Å². The largest absolute Gasteiger partial charge is 0.365 e. The number of aromatic nitrogens is 1. The normalized spacial score (nSPS) is 13.4. The maximum Gasteiger partial charge on any atom is 0.251 e. The Balaban J connectivity index is 1.31. The van der Waals surface area contributed by atoms with Crippen LogP contribution < -0.4 is 11.1 Å². The summed E-state index contributed by atoms with van der Waals surface area (Å²) in [4.78, 5) is 30.1. The summed E-state index contributed by atoms with van der Waals surface area (Å²) in [5, 5.41) is 3.55. The molecule has 2 amide bonds. The van der Waals surface area contributed by atoms with Crippen LogP contribution in [0, 0.1) is 0 Å². The van der Waals surface area contributed by atoms with Crippen molar-refractivity contribution in [1.29, 1.82) is 0 Å². The molecule has 5 nitrogen and oxygen atoms in total. The Bertz CT molecular complexity index is 992. The minimum atomic E-state index is -0.443. The number of nitrogens with two attached hydrogens (primary N) is 1. The fourth-order valence-corrected chi connectivity index (χ4v) is 6.80. The van der Waals surface area contributed by atoms with E-state index in [0.29, 0.717) is 17.0 Å². The molecule has 4 rings (SSSR count). The summed E-state index contributed by atoms with van der Waals surface area (Å²) in [7, 11) is 0. The predicted molar refractivity (Wildman–Crippen MR) is 118 cm³/mol. The molecule has 0 atom stereocenters. The third-order valence-electron chi connectivity index (χ3n) is 4.72. The second-order valence-electron chi connectivity index (χ2n) is 6.73. The molecule has 1 aromatic carbocycles. The van der Waals surface area contributed by atoms with Gasteiger partial charge in [0.25, 0.3) is 5.91 Å². The van der Waals surface area contributed by atoms with Crippen molar-refractivity contribution in [2.24, 2.45) is 5.73 Å². The van der Waals surface area contributed by atoms with Crippen LogP contribution in [0.4, 0.5) is 5.00 Å². The van der Waals surface area contributed by atoms with Crippen LogP contribution in [-0.4, -0.2) is 22.6 Å². The first kappa shape index (κ1) is 19.4. The van der Waals surface area contributed by atoms with Crippen molar-refractivity contribution >= 4 is 61.5 Å². The summed E-state index contributed by atoms with van der Waals surface area (Å²) in [6, 6.07) is 8.09. The number of hydrogen-bond donors (Lipinski definition) is 2. The van der Waals surface area contributed by atoms with E-state index < -0.39 is 5.91 Å². The molecule has 8 heteroatoms. The Morgan fingerprint density at radius 1 is 1.18 bits per heavy atom. The van der Waals surface area contributed by atoms with Crippen molar-refractivity contribution in [1.82, 2.24) is 4.98 Å². The number of anilines is 1. The molecule has 0 saturated carbocycles. The summed E-state index contributed by atoms with van der Waals surface area (Å²) in [5.74, 6) is 0.323. The molecule has 146 valence electrons. The minimum Gasteiger partial charge on any atom is -0.365 e. The Kier molecular flexibility index (Phi) is 5.99. The molecule has 0 spiro atoms. The van der Waals surface area contributed by atoms with Gasteiger partial charge in [-0.25, -0.2) is 4.98 Å². The van der Waals surface area contributed by atoms with Crippen LogP contribution in [0.25, 0.3) is 10.2 Å². The van der Waals surface area contributed by atoms with Gasteiger partial charge in [-0.05, 0) is 49.8 Å². The molecule has 0 fully saturated rings. The van der Waals surface area contributed by atoms with Crippen molar-refractivity contribution in [3.8, 4) is 0 Å². The van der Waals surface area contributed by atoms with Crippen molar-refractivity contribution in [3.05, 3.63) is 40.3 Å². The van der Waals surface area contributed by atoms with E-state index in [4.69, 9.17) is 5.73 Å². The molecular weight excluding hydrogens is 410 g/mol. The molecule has 2 heterocycles. The van der Waals surface area contributed by atoms with Crippen molar-refractivity contribution in [3.63, 3.8) is 0 Å². The number of carbonyl (C=O) groups excluding carboxylic acids is 2. The van der Waals surface area contributed by atoms with Gasteiger partial charge in [-0.2, -0.15) is 0 Å². The van der Waals surface area contributed by atoms with E-state index in [1.165, 1.54) is 20.9 Å². The zero-order chi connectivity index (χ0) is 19.5. The van der Waals surface area contributed by atoms with Crippen LogP contribution in [0.1, 0.15) is 46.5 Å². The SMILES string of the molecule is NC(=O)c1c(NC(=O)CCCSc2nc3ccccc3s2)sc2c1CCCC2. The number of carbonyl (C=O) groups is 2. The lowest BCUT2D eigenvalue weighted by atomic mass is 9.95. The summed E-state index contributed by atoms with van der Waals surface area (Å²) >= 11 is 4.87. The van der Waals surface area contributed by atoms with Gasteiger partial charge in [0.1, 0.15) is 5.00 Å². The molecule has 2 aromatic heterocycles. The van der Waals surface area contributed by atoms with Crippen molar-refractivity contribution < 1.29 is 9.59 Å². The first-order valence-electron chi connectivity index (χ1n) is 9.34. The summed E-state index contributed by atoms with van der Waals surface area (Å²) < 4.78 is 2.21. The second-order valence-corrected chi connectivity index (χ2v) is 10.2. The number of amides is 2. The first-order valence-corrected chi connectivity index (χ1v) is 12.0. The smallest absolute Gasteiger partial charge is 0.251 e. The Morgan fingerprint density at radius 3 is 2.82 bits per heavy atom. The van der Waals surface area contributed by atoms with E-state index in [1.807, 2.05) is 18.2 Å². The molecule has 0 saturated heterocycles. The molecule has 0 radical (unpaired) electrons. The number of thioether (sulfide) groups is 1. The molecule has 1 aliphatic carbocycles. The van der Waals surface area contributed by atoms with Gasteiger partial charge in [-0.1, -0.05) is 23.9 Å². The standard InChI is InChI=1S/C20H21N3O2S3/c21-18(25)17-12-6-1-3-8-14(12)27-19(17)23-16(24)10-5-11-26-20-22-13-7-2-4-9-15(13)28-20/h2,4,7,9H,1,3,5-6,8,10-11H2,(H2,21,25)(H,23,24). The van der Waals surface area contributed by atoms with E-state index in [9.17, 15) is 9.59 Å². The third kappa shape index (κ3) is 4.24. The zero-order valence-corrected chi connectivity index (χ0v) is 17.8. The van der Waals surface area contributed by atoms with E-state index in [-0.39, 0.29) is 5.91 Å². The molecule has 0 unspecified atom stereocenters. The van der Waals surface area contributed by atoms with E-state index in [1.54, 1.807) is 23.1 Å². The zero-order valence-electron chi connectivity index (χ0n) is 15.3. The van der Waals surface area contributed by atoms with Gasteiger partial charge in [-0.3, -0.25) is 9.59 Å². The van der Waals surface area contributed by atoms with Crippen LogP contribution in [-0.2, 0) is 17.6 Å². The van der Waals surface area contributed by atoms with Crippen LogP contribution >= 0.6 is 34.4 Å². The van der Waals surface area contributed by atoms with Gasteiger partial charge < -0.3 is 11.1 Å². The highest BCUT2D eigenvalue weighted by Gasteiger charge is 2.24. The van der Waals surface area contributed by atoms with Gasteiger partial charge in [0, 0.05) is 17.1 Å². The summed E-state index contributed by atoms with van der Waals surface area (Å²) in [6.07, 6.45) is 5.21. The number of nitrogens with one attached hydrogen (secondary N) is 1. The van der Waals surface area contributed by atoms with Gasteiger partial charge in [0.2, 0.25) is 5.91 Å². The molecule has 28 heavy (non-hydrogen) atoms. The van der Waals surface area contributed by atoms with Gasteiger partial charge in [0.15, 0.2) is 4.34 Å². The number of nitrogens with zero attached hydrogens (tertiary/aromatic N) is 1. The summed E-state index contributed by atoms with van der Waals surface area (Å²) in [6.45, 7) is 0. The lowest BCUT2D eigenvalue weighted by molar-refractivity contribution is -0.116. The lowest BCUT2D eigenvalue weighted by Gasteiger charge is -2.11. The average molecular weight is 432 g/mol. The number of benzene rings is 1. The molecule has 0 aliphatic heterocycles. The highest BCUT2D eigenvalue weighted by molar-refractivity contribution is 8.01. The maximum atomic E-state index is 12.4. The van der Waals surface area contributed by atoms with Crippen LogP contribution in [0.5, 0.6) is 0 Å². The van der Waals surface area contributed by atoms with Crippen molar-refractivity contribution in [2.75, 3.05) is 11.1 Å². The number of fused-ring (bicyclic) bond motifs is 2. The number of aryl methyl sites for hydroxylation is 1. The first-order chi connectivity index (χ1) is 13.6. The summed E-state index contributed by atoms with van der Waals surface area (Å²) in [5.41, 5.74) is 8.18. The fourth-order valence-electron chi connectivity index (χ4n) is 3.41. The number of thiazole rings is 1. The second kappa shape index (κ2) is 8.63. The molecule has 3 N–H and O–H groups in total. The Morgan fingerprint density at radius 2 is 2.00 bits per heavy atom. The highest BCUT2D eigenvalue weighted by Crippen LogP contribution is 2.38. The quantitative estimate of drug-likeness (QED) is 0.414. The molecular formula is C20H21N3O2S3. The number of thiophene rings is 1. The predicted octanol–water partition coefficient (Wildman–Crippen LogP) is 4.85. The fraction of sp³-hybridized carbons (Fsp3) is 0.350. The number of primary amides is 1. The highest BCUT2D eigenvalue weighted by atomic mass is 32.2. The maximum absolute atomic E-state index is 12.4. The number of para-hydroxylation sites is 1. The van der Waals surface area contributed by atoms with E-state index >= 15 is 0 Å². The Labute approximate surface area is 175 Å². The lowest BCUT2D eigenvalue weighted by Crippen LogP contribution is -2.18. The van der Waals surface area contributed by atoms with E-state index in [0.717, 1.165) is 53.3 Å². The molecule has 1 aliphatic rings. The van der Waals surface area contributed by atoms with Crippen molar-refractivity contribution in [2.45, 2.75) is 42.9 Å². The van der Waals surface area contributed by atoms with Crippen LogP contribution in [0.3, 0.4) is 0 Å². The van der Waals surface area contributed by atoms with Crippen LogP contribution in [0.2, 0.25) is 0 Å². The monoisotopic (exact) mass is 431 g/mol. The van der Waals surface area contributed by atoms with E-state index in [2.05, 4.69) is 16.4 Å². The van der Waals surface area contributed by atoms with Crippen LogP contribution in [0.15, 0.2) is 28.6 Å². The number of hydrogen-bond acceptors (Lipinski definition) is 6. The average Bonchev–Trinajstić information content (AvgIpc) is 3.25. The number of rotatable bonds is 7. The molecule has 0 bridgehead atoms. The topological polar surface area (TPSA) is 85.1 Å². The minimum absolute atomic E-state index is 0.0639. The Hall–Kier alpha value is -1.90. The van der Waals surface area contributed by atoms with Gasteiger partial charge in [-0.15, -0.1) is 22.7 Å². The van der Waals surface area contributed by atoms with Gasteiger partial charge >= 0.3 is 0 Å². The molecule has 3 aromatic rings.